The van der Waals surface area contributed by atoms with Crippen LogP contribution in [0.5, 0.6) is 0 Å². The standard InChI is InChI=1S/C12H21N3O2/c1-4-13-5-11-8-17-12(14-11)15-6-10(3)16-7-9(15)2/h8-10,13H,4-7H2,1-3H3. The van der Waals surface area contributed by atoms with E-state index < -0.39 is 0 Å². The number of ether oxygens (including phenoxy) is 1. The first kappa shape index (κ1) is 12.4. The first-order valence-corrected chi connectivity index (χ1v) is 6.24. The first-order chi connectivity index (χ1) is 8.20. The lowest BCUT2D eigenvalue weighted by Gasteiger charge is -2.35. The van der Waals surface area contributed by atoms with E-state index in [2.05, 4.69) is 36.0 Å². The number of oxazole rings is 1. The number of nitrogens with one attached hydrogen (secondary N) is 1. The van der Waals surface area contributed by atoms with Gasteiger partial charge in [0.2, 0.25) is 0 Å². The van der Waals surface area contributed by atoms with Gasteiger partial charge in [0.1, 0.15) is 6.26 Å². The number of rotatable bonds is 4. The fourth-order valence-electron chi connectivity index (χ4n) is 1.93. The molecule has 2 atom stereocenters. The molecule has 17 heavy (non-hydrogen) atoms. The fraction of sp³-hybridized carbons (Fsp3) is 0.750. The molecule has 1 fully saturated rings. The Morgan fingerprint density at radius 3 is 3.12 bits per heavy atom. The topological polar surface area (TPSA) is 50.5 Å². The highest BCUT2D eigenvalue weighted by Crippen LogP contribution is 2.20. The van der Waals surface area contributed by atoms with E-state index in [1.54, 1.807) is 6.26 Å². The minimum absolute atomic E-state index is 0.232. The first-order valence-electron chi connectivity index (χ1n) is 6.24. The number of anilines is 1. The van der Waals surface area contributed by atoms with Gasteiger partial charge in [-0.3, -0.25) is 0 Å². The normalized spacial score (nSPS) is 25.2. The Morgan fingerprint density at radius 2 is 2.35 bits per heavy atom. The van der Waals surface area contributed by atoms with Crippen LogP contribution < -0.4 is 10.2 Å². The van der Waals surface area contributed by atoms with Crippen LogP contribution in [0.25, 0.3) is 0 Å². The van der Waals surface area contributed by atoms with Crippen molar-refractivity contribution in [3.8, 4) is 0 Å². The van der Waals surface area contributed by atoms with Crippen LogP contribution >= 0.6 is 0 Å². The molecule has 0 aromatic carbocycles. The molecule has 0 spiro atoms. The number of hydrogen-bond acceptors (Lipinski definition) is 5. The Morgan fingerprint density at radius 1 is 1.53 bits per heavy atom. The molecule has 0 radical (unpaired) electrons. The van der Waals surface area contributed by atoms with Crippen molar-refractivity contribution < 1.29 is 9.15 Å². The fourth-order valence-corrected chi connectivity index (χ4v) is 1.93. The highest BCUT2D eigenvalue weighted by molar-refractivity contribution is 5.30. The second-order valence-electron chi connectivity index (χ2n) is 4.55. The molecule has 0 saturated carbocycles. The lowest BCUT2D eigenvalue weighted by atomic mass is 10.2. The molecule has 1 aromatic heterocycles. The van der Waals surface area contributed by atoms with E-state index >= 15 is 0 Å². The van der Waals surface area contributed by atoms with Crippen LogP contribution in [0, 0.1) is 0 Å². The summed E-state index contributed by atoms with van der Waals surface area (Å²) in [6.07, 6.45) is 1.96. The van der Waals surface area contributed by atoms with Crippen LogP contribution in [0.1, 0.15) is 26.5 Å². The average molecular weight is 239 g/mol. The zero-order valence-electron chi connectivity index (χ0n) is 10.8. The second kappa shape index (κ2) is 5.51. The lowest BCUT2D eigenvalue weighted by molar-refractivity contribution is 0.0322. The Kier molecular flexibility index (Phi) is 4.02. The number of aromatic nitrogens is 1. The summed E-state index contributed by atoms with van der Waals surface area (Å²) in [5, 5.41) is 3.24. The third-order valence-electron chi connectivity index (χ3n) is 2.95. The van der Waals surface area contributed by atoms with Gasteiger partial charge < -0.3 is 19.4 Å². The maximum atomic E-state index is 5.59. The van der Waals surface area contributed by atoms with E-state index in [9.17, 15) is 0 Å². The molecule has 2 unspecified atom stereocenters. The summed E-state index contributed by atoms with van der Waals surface area (Å²) >= 11 is 0. The van der Waals surface area contributed by atoms with Crippen LogP contribution in [0.4, 0.5) is 6.01 Å². The Hall–Kier alpha value is -1.07. The van der Waals surface area contributed by atoms with E-state index in [0.717, 1.165) is 31.9 Å². The van der Waals surface area contributed by atoms with E-state index in [4.69, 9.17) is 9.15 Å². The molecule has 1 aliphatic heterocycles. The molecule has 1 N–H and O–H groups in total. The maximum absolute atomic E-state index is 5.59. The average Bonchev–Trinajstić information content (AvgIpc) is 2.78. The maximum Gasteiger partial charge on any atom is 0.297 e. The monoisotopic (exact) mass is 239 g/mol. The van der Waals surface area contributed by atoms with Crippen molar-refractivity contribution in [3.05, 3.63) is 12.0 Å². The smallest absolute Gasteiger partial charge is 0.297 e. The predicted molar refractivity (Wildman–Crippen MR) is 66.1 cm³/mol. The van der Waals surface area contributed by atoms with Gasteiger partial charge in [-0.05, 0) is 20.4 Å². The van der Waals surface area contributed by atoms with Crippen LogP contribution in [-0.2, 0) is 11.3 Å². The van der Waals surface area contributed by atoms with E-state index in [0.29, 0.717) is 12.1 Å². The largest absolute Gasteiger partial charge is 0.432 e. The third kappa shape index (κ3) is 2.98. The summed E-state index contributed by atoms with van der Waals surface area (Å²) in [6, 6.07) is 1.03. The van der Waals surface area contributed by atoms with E-state index in [1.807, 2.05) is 0 Å². The van der Waals surface area contributed by atoms with Crippen molar-refractivity contribution in [1.82, 2.24) is 10.3 Å². The Labute approximate surface area is 102 Å². The Bertz CT molecular complexity index is 353. The number of hydrogen-bond donors (Lipinski definition) is 1. The van der Waals surface area contributed by atoms with Crippen molar-refractivity contribution >= 4 is 6.01 Å². The van der Waals surface area contributed by atoms with Crippen LogP contribution in [0.2, 0.25) is 0 Å². The molecule has 5 nitrogen and oxygen atoms in total. The third-order valence-corrected chi connectivity index (χ3v) is 2.95. The van der Waals surface area contributed by atoms with Crippen molar-refractivity contribution in [2.24, 2.45) is 0 Å². The summed E-state index contributed by atoms with van der Waals surface area (Å²) in [7, 11) is 0. The molecule has 0 bridgehead atoms. The van der Waals surface area contributed by atoms with Crippen LogP contribution in [0.15, 0.2) is 10.7 Å². The minimum atomic E-state index is 0.232. The Balaban J connectivity index is 2.02. The molecule has 2 rings (SSSR count). The highest BCUT2D eigenvalue weighted by atomic mass is 16.5. The lowest BCUT2D eigenvalue weighted by Crippen LogP contribution is -2.47. The van der Waals surface area contributed by atoms with Gasteiger partial charge >= 0.3 is 0 Å². The van der Waals surface area contributed by atoms with Gasteiger partial charge in [-0.15, -0.1) is 0 Å². The summed E-state index contributed by atoms with van der Waals surface area (Å²) in [5.41, 5.74) is 0.952. The molecule has 96 valence electrons. The number of nitrogens with zero attached hydrogens (tertiary/aromatic N) is 2. The van der Waals surface area contributed by atoms with Crippen LogP contribution in [0.3, 0.4) is 0 Å². The minimum Gasteiger partial charge on any atom is -0.432 e. The number of morpholine rings is 1. The zero-order chi connectivity index (χ0) is 12.3. The zero-order valence-corrected chi connectivity index (χ0v) is 10.8. The summed E-state index contributed by atoms with van der Waals surface area (Å²) in [5.74, 6) is 0. The SMILES string of the molecule is CCNCc1coc(N2CC(C)OCC2C)n1. The van der Waals surface area contributed by atoms with E-state index in [-0.39, 0.29) is 6.10 Å². The van der Waals surface area contributed by atoms with Gasteiger partial charge in [0.05, 0.1) is 24.4 Å². The van der Waals surface area contributed by atoms with Gasteiger partial charge in [0, 0.05) is 13.1 Å². The molecule has 1 aromatic rings. The van der Waals surface area contributed by atoms with Crippen molar-refractivity contribution in [3.63, 3.8) is 0 Å². The van der Waals surface area contributed by atoms with Gasteiger partial charge in [-0.25, -0.2) is 0 Å². The second-order valence-corrected chi connectivity index (χ2v) is 4.55. The van der Waals surface area contributed by atoms with Crippen molar-refractivity contribution in [2.75, 3.05) is 24.6 Å². The van der Waals surface area contributed by atoms with Gasteiger partial charge in [-0.1, -0.05) is 6.92 Å². The molecular formula is C12H21N3O2. The molecule has 1 saturated heterocycles. The molecule has 2 heterocycles. The van der Waals surface area contributed by atoms with Gasteiger partial charge in [0.25, 0.3) is 6.01 Å². The predicted octanol–water partition coefficient (Wildman–Crippen LogP) is 1.40. The molecule has 0 aliphatic carbocycles. The summed E-state index contributed by atoms with van der Waals surface area (Å²) in [6.45, 7) is 9.53. The highest BCUT2D eigenvalue weighted by Gasteiger charge is 2.26. The van der Waals surface area contributed by atoms with Gasteiger partial charge in [0.15, 0.2) is 0 Å². The quantitative estimate of drug-likeness (QED) is 0.860. The molecule has 1 aliphatic rings. The molecule has 0 amide bonds. The van der Waals surface area contributed by atoms with Crippen molar-refractivity contribution in [1.29, 1.82) is 0 Å². The molecule has 5 heteroatoms. The van der Waals surface area contributed by atoms with Gasteiger partial charge in [-0.2, -0.15) is 4.98 Å². The van der Waals surface area contributed by atoms with Crippen molar-refractivity contribution in [2.45, 2.75) is 39.5 Å². The van der Waals surface area contributed by atoms with Crippen LogP contribution in [-0.4, -0.2) is 36.8 Å². The molecular weight excluding hydrogens is 218 g/mol. The van der Waals surface area contributed by atoms with E-state index in [1.165, 1.54) is 0 Å². The summed E-state index contributed by atoms with van der Waals surface area (Å²) in [4.78, 5) is 6.67. The summed E-state index contributed by atoms with van der Waals surface area (Å²) < 4.78 is 11.1.